The fraction of sp³-hybridized carbons (Fsp3) is 0.150. The minimum absolute atomic E-state index is 0.0652. The van der Waals surface area contributed by atoms with Crippen LogP contribution in [-0.2, 0) is 6.42 Å². The summed E-state index contributed by atoms with van der Waals surface area (Å²) in [6.45, 7) is 3.86. The van der Waals surface area contributed by atoms with Crippen LogP contribution in [0.4, 0.5) is 21.7 Å². The van der Waals surface area contributed by atoms with Gasteiger partial charge in [0.05, 0.1) is 5.02 Å². The summed E-state index contributed by atoms with van der Waals surface area (Å²) in [7, 11) is 0. The number of carbonyl (C=O) groups is 1. The van der Waals surface area contributed by atoms with Gasteiger partial charge in [-0.1, -0.05) is 30.7 Å². The van der Waals surface area contributed by atoms with E-state index in [1.165, 1.54) is 23.8 Å². The van der Waals surface area contributed by atoms with E-state index in [9.17, 15) is 9.18 Å². The Morgan fingerprint density at radius 2 is 1.78 bits per heavy atom. The van der Waals surface area contributed by atoms with Gasteiger partial charge in [0, 0.05) is 17.1 Å². The van der Waals surface area contributed by atoms with Crippen molar-refractivity contribution in [1.29, 1.82) is 0 Å². The van der Waals surface area contributed by atoms with Crippen molar-refractivity contribution in [1.82, 2.24) is 9.97 Å². The van der Waals surface area contributed by atoms with Crippen molar-refractivity contribution in [2.45, 2.75) is 20.3 Å². The first-order valence-corrected chi connectivity index (χ1v) is 8.80. The highest BCUT2D eigenvalue weighted by Gasteiger charge is 2.12. The molecule has 0 spiro atoms. The fourth-order valence-corrected chi connectivity index (χ4v) is 2.64. The molecule has 3 rings (SSSR count). The summed E-state index contributed by atoms with van der Waals surface area (Å²) in [5.74, 6) is -0.665. The van der Waals surface area contributed by atoms with Gasteiger partial charge in [0.25, 0.3) is 5.91 Å². The molecule has 0 aliphatic heterocycles. The lowest BCUT2D eigenvalue weighted by Gasteiger charge is -2.10. The Bertz CT molecular complexity index is 976. The van der Waals surface area contributed by atoms with E-state index in [2.05, 4.69) is 27.5 Å². The van der Waals surface area contributed by atoms with E-state index in [1.807, 2.05) is 24.3 Å². The van der Waals surface area contributed by atoms with Crippen molar-refractivity contribution in [3.05, 3.63) is 76.3 Å². The summed E-state index contributed by atoms with van der Waals surface area (Å²) in [4.78, 5) is 21.1. The van der Waals surface area contributed by atoms with Gasteiger partial charge in [0.1, 0.15) is 11.5 Å². The minimum atomic E-state index is -0.548. The first kappa shape index (κ1) is 18.8. The van der Waals surface area contributed by atoms with E-state index in [4.69, 9.17) is 11.6 Å². The fourth-order valence-electron chi connectivity index (χ4n) is 2.46. The normalized spacial score (nSPS) is 10.5. The smallest absolute Gasteiger partial charge is 0.274 e. The molecule has 138 valence electrons. The van der Waals surface area contributed by atoms with Crippen LogP contribution in [-0.4, -0.2) is 15.9 Å². The average molecular weight is 385 g/mol. The Morgan fingerprint density at radius 3 is 2.44 bits per heavy atom. The zero-order valence-electron chi connectivity index (χ0n) is 14.9. The van der Waals surface area contributed by atoms with Gasteiger partial charge in [-0.05, 0) is 55.3 Å². The second kappa shape index (κ2) is 8.14. The zero-order valence-corrected chi connectivity index (χ0v) is 15.6. The molecule has 5 nitrogen and oxygen atoms in total. The lowest BCUT2D eigenvalue weighted by Crippen LogP contribution is -2.15. The molecule has 0 unspecified atom stereocenters. The number of aromatic nitrogens is 2. The molecule has 0 aliphatic rings. The Hall–Kier alpha value is -2.99. The number of aryl methyl sites for hydroxylation is 2. The van der Waals surface area contributed by atoms with Gasteiger partial charge >= 0.3 is 0 Å². The monoisotopic (exact) mass is 384 g/mol. The van der Waals surface area contributed by atoms with Gasteiger partial charge in [0.15, 0.2) is 0 Å². The third-order valence-electron chi connectivity index (χ3n) is 3.88. The Morgan fingerprint density at radius 1 is 1.07 bits per heavy atom. The lowest BCUT2D eigenvalue weighted by molar-refractivity contribution is 0.102. The van der Waals surface area contributed by atoms with Gasteiger partial charge in [-0.3, -0.25) is 4.79 Å². The summed E-state index contributed by atoms with van der Waals surface area (Å²) in [6.07, 6.45) is 0.957. The van der Waals surface area contributed by atoms with Crippen molar-refractivity contribution in [2.24, 2.45) is 0 Å². The number of amides is 1. The maximum atomic E-state index is 13.2. The zero-order chi connectivity index (χ0) is 19.4. The number of nitrogens with zero attached hydrogens (tertiary/aromatic N) is 2. The average Bonchev–Trinajstić information content (AvgIpc) is 2.65. The van der Waals surface area contributed by atoms with Crippen LogP contribution >= 0.6 is 11.6 Å². The maximum Gasteiger partial charge on any atom is 0.274 e. The minimum Gasteiger partial charge on any atom is -0.324 e. The van der Waals surface area contributed by atoms with Crippen molar-refractivity contribution in [3.8, 4) is 0 Å². The molecule has 0 radical (unpaired) electrons. The molecule has 1 aromatic heterocycles. The van der Waals surface area contributed by atoms with E-state index >= 15 is 0 Å². The first-order chi connectivity index (χ1) is 12.9. The molecular weight excluding hydrogens is 367 g/mol. The van der Waals surface area contributed by atoms with E-state index in [-0.39, 0.29) is 10.7 Å². The third-order valence-corrected chi connectivity index (χ3v) is 4.17. The quantitative estimate of drug-likeness (QED) is 0.639. The summed E-state index contributed by atoms with van der Waals surface area (Å²) >= 11 is 5.74. The van der Waals surface area contributed by atoms with Crippen LogP contribution in [0.5, 0.6) is 0 Å². The van der Waals surface area contributed by atoms with Crippen molar-refractivity contribution in [3.63, 3.8) is 0 Å². The molecule has 0 fully saturated rings. The second-order valence-corrected chi connectivity index (χ2v) is 6.38. The summed E-state index contributed by atoms with van der Waals surface area (Å²) < 4.78 is 13.2. The molecule has 3 aromatic rings. The number of benzene rings is 2. The van der Waals surface area contributed by atoms with Crippen LogP contribution in [0.3, 0.4) is 0 Å². The number of halogens is 2. The third kappa shape index (κ3) is 4.80. The Labute approximate surface area is 161 Å². The molecule has 27 heavy (non-hydrogen) atoms. The molecule has 0 aliphatic carbocycles. The SMILES string of the molecule is CCc1ccc(Nc2nc(C)cc(C(=O)Nc3ccc(F)c(Cl)c3)n2)cc1. The van der Waals surface area contributed by atoms with Gasteiger partial charge < -0.3 is 10.6 Å². The van der Waals surface area contributed by atoms with Crippen molar-refractivity contribution >= 4 is 34.8 Å². The molecule has 0 saturated carbocycles. The topological polar surface area (TPSA) is 66.9 Å². The van der Waals surface area contributed by atoms with Crippen LogP contribution < -0.4 is 10.6 Å². The molecule has 2 aromatic carbocycles. The molecule has 1 heterocycles. The number of hydrogen-bond donors (Lipinski definition) is 2. The molecule has 2 N–H and O–H groups in total. The Kier molecular flexibility index (Phi) is 5.66. The highest BCUT2D eigenvalue weighted by atomic mass is 35.5. The molecule has 0 bridgehead atoms. The van der Waals surface area contributed by atoms with Gasteiger partial charge in [0.2, 0.25) is 5.95 Å². The molecule has 1 amide bonds. The number of anilines is 3. The standard InChI is InChI=1S/C20H18ClFN4O/c1-3-13-4-6-14(7-5-13)25-20-23-12(2)10-18(26-20)19(27)24-15-8-9-17(22)16(21)11-15/h4-11H,3H2,1-2H3,(H,24,27)(H,23,25,26). The molecule has 0 atom stereocenters. The van der Waals surface area contributed by atoms with Gasteiger partial charge in [-0.2, -0.15) is 0 Å². The molecule has 7 heteroatoms. The van der Waals surface area contributed by atoms with Crippen LogP contribution in [0.1, 0.15) is 28.7 Å². The number of carbonyl (C=O) groups excluding carboxylic acids is 1. The van der Waals surface area contributed by atoms with Crippen LogP contribution in [0, 0.1) is 12.7 Å². The lowest BCUT2D eigenvalue weighted by atomic mass is 10.1. The number of rotatable bonds is 5. The van der Waals surface area contributed by atoms with Crippen LogP contribution in [0.15, 0.2) is 48.5 Å². The summed E-state index contributed by atoms with van der Waals surface area (Å²) in [5.41, 5.74) is 3.26. The summed E-state index contributed by atoms with van der Waals surface area (Å²) in [5, 5.41) is 5.69. The Balaban J connectivity index is 1.79. The van der Waals surface area contributed by atoms with Crippen LogP contribution in [0.25, 0.3) is 0 Å². The van der Waals surface area contributed by atoms with Gasteiger partial charge in [-0.25, -0.2) is 14.4 Å². The van der Waals surface area contributed by atoms with Gasteiger partial charge in [-0.15, -0.1) is 0 Å². The van der Waals surface area contributed by atoms with E-state index in [0.717, 1.165) is 12.1 Å². The van der Waals surface area contributed by atoms with E-state index < -0.39 is 11.7 Å². The maximum absolute atomic E-state index is 13.2. The molecule has 0 saturated heterocycles. The number of hydrogen-bond acceptors (Lipinski definition) is 4. The van der Waals surface area contributed by atoms with Crippen LogP contribution in [0.2, 0.25) is 5.02 Å². The van der Waals surface area contributed by atoms with Crippen molar-refractivity contribution < 1.29 is 9.18 Å². The van der Waals surface area contributed by atoms with Crippen molar-refractivity contribution in [2.75, 3.05) is 10.6 Å². The van der Waals surface area contributed by atoms with E-state index in [1.54, 1.807) is 13.0 Å². The predicted molar refractivity (Wildman–Crippen MR) is 105 cm³/mol. The predicted octanol–water partition coefficient (Wildman–Crippen LogP) is 5.14. The molecular formula is C20H18ClFN4O. The second-order valence-electron chi connectivity index (χ2n) is 5.98. The highest BCUT2D eigenvalue weighted by molar-refractivity contribution is 6.31. The summed E-state index contributed by atoms with van der Waals surface area (Å²) in [6, 6.07) is 13.4. The first-order valence-electron chi connectivity index (χ1n) is 8.42. The highest BCUT2D eigenvalue weighted by Crippen LogP contribution is 2.20. The number of nitrogens with one attached hydrogen (secondary N) is 2. The largest absolute Gasteiger partial charge is 0.324 e. The van der Waals surface area contributed by atoms with E-state index in [0.29, 0.717) is 17.3 Å².